The first-order valence-electron chi connectivity index (χ1n) is 7.45. The van der Waals surface area contributed by atoms with E-state index in [9.17, 15) is 4.79 Å². The number of thioether (sulfide) groups is 1. The third-order valence-corrected chi connectivity index (χ3v) is 4.58. The van der Waals surface area contributed by atoms with Gasteiger partial charge in [-0.3, -0.25) is 4.79 Å². The van der Waals surface area contributed by atoms with E-state index in [0.717, 1.165) is 11.0 Å². The van der Waals surface area contributed by atoms with Gasteiger partial charge in [0.05, 0.1) is 5.75 Å². The minimum Gasteiger partial charge on any atom is -0.341 e. The summed E-state index contributed by atoms with van der Waals surface area (Å²) in [7, 11) is 1.83. The molecular weight excluding hydrogens is 308 g/mol. The van der Waals surface area contributed by atoms with Crippen molar-refractivity contribution < 1.29 is 4.79 Å². The van der Waals surface area contributed by atoms with Gasteiger partial charge in [-0.05, 0) is 25.0 Å². The van der Waals surface area contributed by atoms with Crippen LogP contribution in [0, 0.1) is 13.8 Å². The van der Waals surface area contributed by atoms with Gasteiger partial charge < -0.3 is 9.47 Å². The third kappa shape index (κ3) is 4.45. The van der Waals surface area contributed by atoms with Crippen LogP contribution in [0.5, 0.6) is 0 Å². The molecule has 0 saturated heterocycles. The minimum atomic E-state index is 0.0732. The van der Waals surface area contributed by atoms with Gasteiger partial charge >= 0.3 is 0 Å². The van der Waals surface area contributed by atoms with E-state index >= 15 is 0 Å². The van der Waals surface area contributed by atoms with Crippen LogP contribution < -0.4 is 0 Å². The normalized spacial score (nSPS) is 10.6. The van der Waals surface area contributed by atoms with Gasteiger partial charge in [-0.2, -0.15) is 0 Å². The van der Waals surface area contributed by atoms with Gasteiger partial charge in [0.2, 0.25) is 5.91 Å². The summed E-state index contributed by atoms with van der Waals surface area (Å²) in [5.74, 6) is 1.25. The highest BCUT2D eigenvalue weighted by Crippen LogP contribution is 2.18. The number of hydrogen-bond acceptors (Lipinski definition) is 4. The van der Waals surface area contributed by atoms with Crippen molar-refractivity contribution in [2.45, 2.75) is 32.1 Å². The number of aryl methyl sites for hydroxylation is 2. The predicted octanol–water partition coefficient (Wildman–Crippen LogP) is 2.83. The summed E-state index contributed by atoms with van der Waals surface area (Å²) in [5.41, 5.74) is 2.36. The number of nitrogens with zero attached hydrogens (tertiary/aromatic N) is 4. The summed E-state index contributed by atoms with van der Waals surface area (Å²) in [5, 5.41) is 8.93. The molecule has 0 radical (unpaired) electrons. The van der Waals surface area contributed by atoms with Crippen molar-refractivity contribution in [2.24, 2.45) is 0 Å². The molecule has 0 unspecified atom stereocenters. The van der Waals surface area contributed by atoms with E-state index in [1.54, 1.807) is 11.0 Å². The van der Waals surface area contributed by atoms with E-state index in [4.69, 9.17) is 0 Å². The Bertz CT molecular complexity index is 696. The Hall–Kier alpha value is -2.08. The SMILES string of the molecule is C=CCn1c(C)nnc1SCC(=O)N(C)Cc1ccccc1C. The molecule has 0 atom stereocenters. The molecule has 2 rings (SSSR count). The van der Waals surface area contributed by atoms with Crippen molar-refractivity contribution in [3.05, 3.63) is 53.9 Å². The predicted molar refractivity (Wildman–Crippen MR) is 93.3 cm³/mol. The second-order valence-corrected chi connectivity index (χ2v) is 6.34. The molecule has 6 heteroatoms. The van der Waals surface area contributed by atoms with Crippen molar-refractivity contribution in [3.63, 3.8) is 0 Å². The van der Waals surface area contributed by atoms with Crippen LogP contribution in [0.1, 0.15) is 17.0 Å². The van der Waals surface area contributed by atoms with E-state index in [1.807, 2.05) is 30.7 Å². The Kier molecular flexibility index (Phi) is 5.98. The molecule has 1 amide bonds. The number of allylic oxidation sites excluding steroid dienone is 1. The molecule has 0 saturated carbocycles. The Labute approximate surface area is 141 Å². The molecule has 5 nitrogen and oxygen atoms in total. The zero-order chi connectivity index (χ0) is 16.8. The Balaban J connectivity index is 1.94. The largest absolute Gasteiger partial charge is 0.341 e. The van der Waals surface area contributed by atoms with Crippen LogP contribution in [0.4, 0.5) is 0 Å². The molecule has 1 heterocycles. The van der Waals surface area contributed by atoms with Gasteiger partial charge in [0.1, 0.15) is 5.82 Å². The van der Waals surface area contributed by atoms with E-state index < -0.39 is 0 Å². The molecule has 0 N–H and O–H groups in total. The number of rotatable bonds is 7. The number of carbonyl (C=O) groups excluding carboxylic acids is 1. The lowest BCUT2D eigenvalue weighted by molar-refractivity contribution is -0.127. The lowest BCUT2D eigenvalue weighted by Gasteiger charge is -2.18. The highest BCUT2D eigenvalue weighted by Gasteiger charge is 2.14. The molecule has 23 heavy (non-hydrogen) atoms. The molecule has 0 aliphatic heterocycles. The van der Waals surface area contributed by atoms with Gasteiger partial charge in [-0.25, -0.2) is 0 Å². The first-order chi connectivity index (χ1) is 11.0. The molecule has 0 bridgehead atoms. The molecular formula is C17H22N4OS. The van der Waals surface area contributed by atoms with Crippen LogP contribution in [0.15, 0.2) is 42.1 Å². The first-order valence-corrected chi connectivity index (χ1v) is 8.43. The molecule has 0 fully saturated rings. The van der Waals surface area contributed by atoms with Crippen molar-refractivity contribution in [1.82, 2.24) is 19.7 Å². The standard InChI is InChI=1S/C17H22N4OS/c1-5-10-21-14(3)18-19-17(21)23-12-16(22)20(4)11-15-9-7-6-8-13(15)2/h5-9H,1,10-12H2,2-4H3. The summed E-state index contributed by atoms with van der Waals surface area (Å²) >= 11 is 1.41. The lowest BCUT2D eigenvalue weighted by atomic mass is 10.1. The Morgan fingerprint density at radius 2 is 2.09 bits per heavy atom. The fourth-order valence-corrected chi connectivity index (χ4v) is 3.11. The van der Waals surface area contributed by atoms with E-state index in [2.05, 4.69) is 35.8 Å². The Morgan fingerprint density at radius 1 is 1.35 bits per heavy atom. The maximum Gasteiger partial charge on any atom is 0.233 e. The van der Waals surface area contributed by atoms with Crippen LogP contribution >= 0.6 is 11.8 Å². The molecule has 0 spiro atoms. The van der Waals surface area contributed by atoms with Gasteiger partial charge in [-0.1, -0.05) is 42.1 Å². The van der Waals surface area contributed by atoms with Crippen molar-refractivity contribution in [1.29, 1.82) is 0 Å². The van der Waals surface area contributed by atoms with E-state index in [1.165, 1.54) is 22.9 Å². The smallest absolute Gasteiger partial charge is 0.233 e. The van der Waals surface area contributed by atoms with Gasteiger partial charge in [0, 0.05) is 20.1 Å². The van der Waals surface area contributed by atoms with Crippen molar-refractivity contribution in [3.8, 4) is 0 Å². The monoisotopic (exact) mass is 330 g/mol. The van der Waals surface area contributed by atoms with Gasteiger partial charge in [-0.15, -0.1) is 16.8 Å². The molecule has 0 aliphatic rings. The third-order valence-electron chi connectivity index (χ3n) is 3.63. The first kappa shape index (κ1) is 17.3. The summed E-state index contributed by atoms with van der Waals surface area (Å²) in [6.07, 6.45) is 1.80. The van der Waals surface area contributed by atoms with Gasteiger partial charge in [0.15, 0.2) is 5.16 Å². The molecule has 2 aromatic rings. The zero-order valence-corrected chi connectivity index (χ0v) is 14.6. The van der Waals surface area contributed by atoms with Gasteiger partial charge in [0.25, 0.3) is 0 Å². The topological polar surface area (TPSA) is 51.0 Å². The van der Waals surface area contributed by atoms with Crippen LogP contribution in [0.3, 0.4) is 0 Å². The average Bonchev–Trinajstić information content (AvgIpc) is 2.88. The summed E-state index contributed by atoms with van der Waals surface area (Å²) < 4.78 is 1.95. The van der Waals surface area contributed by atoms with Crippen LogP contribution in [-0.4, -0.2) is 38.4 Å². The van der Waals surface area contributed by atoms with E-state index in [-0.39, 0.29) is 5.91 Å². The number of hydrogen-bond donors (Lipinski definition) is 0. The quantitative estimate of drug-likeness (QED) is 0.579. The van der Waals surface area contributed by atoms with E-state index in [0.29, 0.717) is 18.8 Å². The molecule has 122 valence electrons. The number of aromatic nitrogens is 3. The molecule has 1 aromatic heterocycles. The summed E-state index contributed by atoms with van der Waals surface area (Å²) in [6.45, 7) is 8.95. The molecule has 1 aromatic carbocycles. The second kappa shape index (κ2) is 7.97. The minimum absolute atomic E-state index is 0.0732. The summed E-state index contributed by atoms with van der Waals surface area (Å²) in [6, 6.07) is 8.11. The average molecular weight is 330 g/mol. The fourth-order valence-electron chi connectivity index (χ4n) is 2.18. The maximum absolute atomic E-state index is 12.3. The molecule has 0 aliphatic carbocycles. The maximum atomic E-state index is 12.3. The number of benzene rings is 1. The zero-order valence-electron chi connectivity index (χ0n) is 13.8. The number of carbonyl (C=O) groups is 1. The second-order valence-electron chi connectivity index (χ2n) is 5.39. The Morgan fingerprint density at radius 3 is 2.78 bits per heavy atom. The summed E-state index contributed by atoms with van der Waals surface area (Å²) in [4.78, 5) is 14.1. The van der Waals surface area contributed by atoms with Crippen molar-refractivity contribution in [2.75, 3.05) is 12.8 Å². The van der Waals surface area contributed by atoms with Crippen LogP contribution in [0.25, 0.3) is 0 Å². The lowest BCUT2D eigenvalue weighted by Crippen LogP contribution is -2.28. The number of amides is 1. The van der Waals surface area contributed by atoms with Crippen LogP contribution in [0.2, 0.25) is 0 Å². The highest BCUT2D eigenvalue weighted by molar-refractivity contribution is 7.99. The highest BCUT2D eigenvalue weighted by atomic mass is 32.2. The van der Waals surface area contributed by atoms with Crippen molar-refractivity contribution >= 4 is 17.7 Å². The van der Waals surface area contributed by atoms with Crippen LogP contribution in [-0.2, 0) is 17.9 Å². The fraction of sp³-hybridized carbons (Fsp3) is 0.353.